The zero-order valence-corrected chi connectivity index (χ0v) is 85.4. The lowest BCUT2D eigenvalue weighted by Gasteiger charge is -2.40. The number of fused-ring (bicyclic) bond motifs is 12. The number of hydrogen-bond donors (Lipinski definition) is 0. The van der Waals surface area contributed by atoms with Crippen molar-refractivity contribution in [3.63, 3.8) is 0 Å². The molecule has 4 aliphatic rings. The average Bonchev–Trinajstić information content (AvgIpc) is 1.57. The van der Waals surface area contributed by atoms with Crippen LogP contribution in [0, 0.1) is 0 Å². The van der Waals surface area contributed by atoms with Crippen LogP contribution in [-0.2, 0) is 27.1 Å². The molecule has 0 unspecified atom stereocenters. The molecule has 4 heteroatoms. The van der Waals surface area contributed by atoms with E-state index < -0.39 is 0 Å². The number of nitrogens with zero attached hydrogens (tertiary/aromatic N) is 4. The highest BCUT2D eigenvalue weighted by Crippen LogP contribution is 2.57. The van der Waals surface area contributed by atoms with Crippen molar-refractivity contribution in [3.05, 3.63) is 487 Å². The number of rotatable bonds is 14. The van der Waals surface area contributed by atoms with Crippen LogP contribution in [0.5, 0.6) is 0 Å². The maximum atomic E-state index is 2.52. The Bertz CT molecular complexity index is 7510. The molecule has 0 spiro atoms. The first-order valence-electron chi connectivity index (χ1n) is 50.0. The Morgan fingerprint density at radius 2 is 0.393 bits per heavy atom. The number of anilines is 9. The molecule has 0 bridgehead atoms. The summed E-state index contributed by atoms with van der Waals surface area (Å²) in [5.41, 5.74) is 46.6. The van der Waals surface area contributed by atoms with Crippen molar-refractivity contribution < 1.29 is 0 Å². The minimum Gasteiger partial charge on any atom is -0.336 e. The van der Waals surface area contributed by atoms with Crippen molar-refractivity contribution in [1.82, 2.24) is 0 Å². The van der Waals surface area contributed by atoms with Crippen molar-refractivity contribution in [2.45, 2.75) is 182 Å². The fraction of sp³-hybridized carbons (Fsp3) is 0.206. The van der Waals surface area contributed by atoms with Gasteiger partial charge in [0.15, 0.2) is 0 Å². The van der Waals surface area contributed by atoms with Gasteiger partial charge in [0.05, 0.1) is 0 Å². The molecule has 0 heterocycles. The number of benzene rings is 18. The van der Waals surface area contributed by atoms with Gasteiger partial charge in [0, 0.05) is 95.0 Å². The monoisotopic (exact) mass is 1820 g/mol. The van der Waals surface area contributed by atoms with E-state index in [1.807, 2.05) is 0 Å². The van der Waals surface area contributed by atoms with Crippen molar-refractivity contribution >= 4 is 51.2 Å². The first-order valence-corrected chi connectivity index (χ1v) is 50.0. The largest absolute Gasteiger partial charge is 0.336 e. The molecular weight excluding hydrogens is 1690 g/mol. The lowest BCUT2D eigenvalue weighted by molar-refractivity contribution is 0.559. The van der Waals surface area contributed by atoms with Crippen molar-refractivity contribution in [3.8, 4) is 100 Å². The summed E-state index contributed by atoms with van der Waals surface area (Å²) in [7, 11) is 0. The van der Waals surface area contributed by atoms with E-state index in [9.17, 15) is 0 Å². The third kappa shape index (κ3) is 18.2. The zero-order valence-electron chi connectivity index (χ0n) is 85.4. The second-order valence-corrected chi connectivity index (χ2v) is 44.5. The highest BCUT2D eigenvalue weighted by Gasteiger charge is 2.42. The van der Waals surface area contributed by atoms with Gasteiger partial charge < -0.3 is 19.6 Å². The van der Waals surface area contributed by atoms with E-state index >= 15 is 0 Å². The minimum atomic E-state index is -0.137. The normalized spacial score (nSPS) is 13.8. The summed E-state index contributed by atoms with van der Waals surface area (Å²) in [5, 5.41) is 0. The molecule has 0 aromatic heterocycles. The van der Waals surface area contributed by atoms with Gasteiger partial charge in [0.1, 0.15) is 0 Å². The van der Waals surface area contributed by atoms with Gasteiger partial charge >= 0.3 is 0 Å². The van der Waals surface area contributed by atoms with Crippen LogP contribution < -0.4 is 19.6 Å². The fourth-order valence-electron chi connectivity index (χ4n) is 22.3. The van der Waals surface area contributed by atoms with Crippen LogP contribution in [0.4, 0.5) is 51.2 Å². The summed E-state index contributed by atoms with van der Waals surface area (Å²) in [6, 6.07) is 160. The Balaban J connectivity index is 0.000000119. The molecule has 18 aromatic carbocycles. The molecule has 696 valence electrons. The fourth-order valence-corrected chi connectivity index (χ4v) is 22.3. The van der Waals surface area contributed by atoms with Crippen LogP contribution in [0.1, 0.15) is 189 Å². The highest BCUT2D eigenvalue weighted by atomic mass is 15.2. The second-order valence-electron chi connectivity index (χ2n) is 44.5. The first kappa shape index (κ1) is 94.1. The van der Waals surface area contributed by atoms with Crippen LogP contribution in [-0.4, -0.2) is 16.6 Å². The van der Waals surface area contributed by atoms with Crippen molar-refractivity contribution in [2.24, 2.45) is 0 Å². The predicted octanol–water partition coefficient (Wildman–Crippen LogP) is 37.9. The molecular formula is C136H132N4. The molecule has 140 heavy (non-hydrogen) atoms. The molecule has 0 saturated carbocycles. The smallest absolute Gasteiger partial charge is 0.0495 e. The maximum Gasteiger partial charge on any atom is 0.0495 e. The maximum absolute atomic E-state index is 2.52. The van der Waals surface area contributed by atoms with Crippen LogP contribution >= 0.6 is 0 Å². The first-order chi connectivity index (χ1) is 67.0. The molecule has 0 saturated heterocycles. The van der Waals surface area contributed by atoms with Gasteiger partial charge in [0.25, 0.3) is 0 Å². The summed E-state index contributed by atoms with van der Waals surface area (Å²) >= 11 is 0. The quantitative estimate of drug-likeness (QED) is 0.108. The van der Waals surface area contributed by atoms with E-state index in [0.29, 0.717) is 0 Å². The van der Waals surface area contributed by atoms with Gasteiger partial charge in [-0.15, -0.1) is 0 Å². The molecule has 0 radical (unpaired) electrons. The molecule has 0 aliphatic heterocycles. The Kier molecular flexibility index (Phi) is 25.0. The summed E-state index contributed by atoms with van der Waals surface area (Å²) < 4.78 is 0. The SMILES string of the molecule is CC(C)(C)c1ccc(N(c2ccc(-c3ccccc3)cc2)c2ccc3c(c2)C(C)(C)c2ccccc2-3)cc1.CC1(C)c2cc(-c3ccccc3)ccc2-c2ccc(N(c3ccccc3)C(C)(C)C)cc21.CC1(C)c2ccccc2-c2ccc(-c3ccc(N(c4ccccc4)C(C)(C)C)cc3)cc21.CC1(C)c2ccccc2-c2ccc(N(c3ccc(-c4ccccc4)cc3-c3ccccc3)C(C)(C)C)cc21. The molecule has 0 N–H and O–H groups in total. The lowest BCUT2D eigenvalue weighted by Crippen LogP contribution is -2.38. The minimum absolute atomic E-state index is 0.0216. The topological polar surface area (TPSA) is 13.0 Å². The van der Waals surface area contributed by atoms with E-state index in [-0.39, 0.29) is 43.7 Å². The Morgan fingerprint density at radius 3 is 0.771 bits per heavy atom. The third-order valence-corrected chi connectivity index (χ3v) is 29.4. The summed E-state index contributed by atoms with van der Waals surface area (Å²) in [6.07, 6.45) is 0. The Hall–Kier alpha value is -14.8. The zero-order chi connectivity index (χ0) is 98.0. The van der Waals surface area contributed by atoms with Crippen LogP contribution in [0.25, 0.3) is 100 Å². The van der Waals surface area contributed by atoms with E-state index in [2.05, 4.69) is 595 Å². The van der Waals surface area contributed by atoms with Gasteiger partial charge in [-0.1, -0.05) is 392 Å². The lowest BCUT2D eigenvalue weighted by atomic mass is 9.81. The molecule has 0 amide bonds. The van der Waals surface area contributed by atoms with Crippen molar-refractivity contribution in [1.29, 1.82) is 0 Å². The highest BCUT2D eigenvalue weighted by molar-refractivity contribution is 5.93. The number of para-hydroxylation sites is 2. The summed E-state index contributed by atoms with van der Waals surface area (Å²) in [5.74, 6) is 0. The predicted molar refractivity (Wildman–Crippen MR) is 602 cm³/mol. The van der Waals surface area contributed by atoms with Gasteiger partial charge in [0.2, 0.25) is 0 Å². The Morgan fingerprint density at radius 1 is 0.157 bits per heavy atom. The average molecular weight is 1820 g/mol. The van der Waals surface area contributed by atoms with Crippen LogP contribution in [0.3, 0.4) is 0 Å². The standard InChI is InChI=1S/2C37H35N.2C31H31N/c1-36(2,3)38(29-21-22-31-30-18-12-13-19-33(30)37(4,5)34(31)25-29)35-23-20-28(26-14-8-6-9-15-26)24-32(35)27-16-10-7-11-17-27;1-36(2,3)28-17-21-30(22-18-28)38(29-19-15-27(16-20-29)26-11-7-6-8-12-26)31-23-24-33-32-13-9-10-14-34(32)37(4,5)35(33)25-31;1-30(2,3)32(24-14-10-7-11-15-24)25-17-19-27-26-18-16-23(22-12-8-6-9-13-22)20-28(26)31(4,5)29(27)21-25;1-30(2,3)32(24-11-7-6-8-12-24)25-18-15-22(16-19-25)23-17-20-27-26-13-9-10-14-28(26)31(4,5)29(27)21-23/h2*6-25H,1-5H3;2*6-21H,1-5H3. The van der Waals surface area contributed by atoms with E-state index in [0.717, 1.165) is 5.69 Å². The van der Waals surface area contributed by atoms with Crippen LogP contribution in [0.2, 0.25) is 0 Å². The van der Waals surface area contributed by atoms with Gasteiger partial charge in [-0.2, -0.15) is 0 Å². The van der Waals surface area contributed by atoms with Gasteiger partial charge in [-0.3, -0.25) is 0 Å². The molecule has 0 fully saturated rings. The van der Waals surface area contributed by atoms with E-state index in [1.54, 1.807) is 0 Å². The number of hydrogen-bond acceptors (Lipinski definition) is 4. The summed E-state index contributed by atoms with van der Waals surface area (Å²) in [6.45, 7) is 46.1. The van der Waals surface area contributed by atoms with E-state index in [4.69, 9.17) is 0 Å². The molecule has 4 aliphatic carbocycles. The second kappa shape index (κ2) is 37.1. The molecule has 0 atom stereocenters. The third-order valence-electron chi connectivity index (χ3n) is 29.4. The molecule has 22 rings (SSSR count). The van der Waals surface area contributed by atoms with E-state index in [1.165, 1.54) is 196 Å². The van der Waals surface area contributed by atoms with Crippen LogP contribution in [0.15, 0.2) is 437 Å². The summed E-state index contributed by atoms with van der Waals surface area (Å²) in [4.78, 5) is 9.75. The van der Waals surface area contributed by atoms with Gasteiger partial charge in [-0.25, -0.2) is 0 Å². The van der Waals surface area contributed by atoms with Gasteiger partial charge in [-0.05, 0) is 334 Å². The molecule has 4 nitrogen and oxygen atoms in total. The Labute approximate surface area is 834 Å². The molecule has 18 aromatic rings. The van der Waals surface area contributed by atoms with Crippen molar-refractivity contribution in [2.75, 3.05) is 19.6 Å².